The van der Waals surface area contributed by atoms with Gasteiger partial charge in [0.2, 0.25) is 0 Å². The molecule has 0 amide bonds. The van der Waals surface area contributed by atoms with E-state index in [0.29, 0.717) is 4.47 Å². The summed E-state index contributed by atoms with van der Waals surface area (Å²) in [6, 6.07) is 3.18. The first-order valence-corrected chi connectivity index (χ1v) is 9.35. The largest absolute Gasteiger partial charge is 0.252 e. The van der Waals surface area contributed by atoms with Crippen molar-refractivity contribution in [3.63, 3.8) is 0 Å². The summed E-state index contributed by atoms with van der Waals surface area (Å²) >= 11 is 4.37. The number of nitrogens with zero attached hydrogens (tertiary/aromatic N) is 1. The van der Waals surface area contributed by atoms with Crippen molar-refractivity contribution in [2.45, 2.75) is 42.4 Å². The fraction of sp³-hybridized carbons (Fsp3) is 0.583. The molecule has 1 atom stereocenters. The van der Waals surface area contributed by atoms with Crippen molar-refractivity contribution < 1.29 is 8.42 Å². The van der Waals surface area contributed by atoms with Crippen molar-refractivity contribution >= 4 is 37.3 Å². The summed E-state index contributed by atoms with van der Waals surface area (Å²) in [5.41, 5.74) is 0. The van der Waals surface area contributed by atoms with Gasteiger partial charge in [-0.2, -0.15) is 9.98 Å². The number of halogens is 1. The Hall–Kier alpha value is -0.420. The van der Waals surface area contributed by atoms with Crippen LogP contribution in [0.15, 0.2) is 20.1 Å². The lowest BCUT2D eigenvalue weighted by Gasteiger charge is -2.26. The zero-order valence-electron chi connectivity index (χ0n) is 10.3. The summed E-state index contributed by atoms with van der Waals surface area (Å²) in [7, 11) is -3.61. The SMILES string of the molecule is N#CC(NS(=O)(=O)c1sccc1Br)C1CCCCC1. The number of rotatable bonds is 4. The second-order valence-electron chi connectivity index (χ2n) is 4.68. The molecule has 1 heterocycles. The second kappa shape index (κ2) is 6.35. The first-order valence-electron chi connectivity index (χ1n) is 6.19. The minimum absolute atomic E-state index is 0.132. The molecule has 19 heavy (non-hydrogen) atoms. The predicted octanol–water partition coefficient (Wildman–Crippen LogP) is 3.26. The van der Waals surface area contributed by atoms with Crippen LogP contribution in [0.5, 0.6) is 0 Å². The molecule has 0 saturated heterocycles. The Morgan fingerprint density at radius 2 is 2.11 bits per heavy atom. The molecule has 1 aromatic heterocycles. The number of sulfonamides is 1. The van der Waals surface area contributed by atoms with Crippen LogP contribution in [0.3, 0.4) is 0 Å². The summed E-state index contributed by atoms with van der Waals surface area (Å²) in [6.07, 6.45) is 5.18. The number of nitrogens with one attached hydrogen (secondary N) is 1. The lowest BCUT2D eigenvalue weighted by molar-refractivity contribution is 0.324. The van der Waals surface area contributed by atoms with Gasteiger partial charge in [-0.05, 0) is 46.1 Å². The third-order valence-electron chi connectivity index (χ3n) is 3.37. The number of hydrogen-bond donors (Lipinski definition) is 1. The molecule has 0 spiro atoms. The van der Waals surface area contributed by atoms with Crippen molar-refractivity contribution in [2.75, 3.05) is 0 Å². The fourth-order valence-electron chi connectivity index (χ4n) is 2.39. The summed E-state index contributed by atoms with van der Waals surface area (Å²) < 4.78 is 27.8. The van der Waals surface area contributed by atoms with Crippen molar-refractivity contribution in [3.8, 4) is 6.07 Å². The molecular formula is C12H15BrN2O2S2. The molecule has 1 aliphatic rings. The molecule has 0 radical (unpaired) electrons. The molecule has 7 heteroatoms. The smallest absolute Gasteiger partial charge is 0.206 e. The van der Waals surface area contributed by atoms with Gasteiger partial charge in [0.1, 0.15) is 10.3 Å². The highest BCUT2D eigenvalue weighted by Gasteiger charge is 2.29. The van der Waals surface area contributed by atoms with Crippen LogP contribution in [0.4, 0.5) is 0 Å². The molecule has 0 bridgehead atoms. The molecular weight excluding hydrogens is 348 g/mol. The molecule has 1 aliphatic carbocycles. The van der Waals surface area contributed by atoms with Gasteiger partial charge in [0.15, 0.2) is 0 Å². The van der Waals surface area contributed by atoms with Crippen molar-refractivity contribution in [2.24, 2.45) is 5.92 Å². The van der Waals surface area contributed by atoms with Crippen LogP contribution >= 0.6 is 27.3 Å². The van der Waals surface area contributed by atoms with E-state index >= 15 is 0 Å². The summed E-state index contributed by atoms with van der Waals surface area (Å²) in [4.78, 5) is 0. The standard InChI is InChI=1S/C12H15BrN2O2S2/c13-10-6-7-18-12(10)19(16,17)15-11(8-14)9-4-2-1-3-5-9/h6-7,9,11,15H,1-5H2. The molecule has 0 aromatic carbocycles. The van der Waals surface area contributed by atoms with Gasteiger partial charge in [-0.25, -0.2) is 8.42 Å². The normalized spacial score (nSPS) is 18.9. The Labute approximate surface area is 126 Å². The van der Waals surface area contributed by atoms with Crippen LogP contribution in [-0.4, -0.2) is 14.5 Å². The first kappa shape index (κ1) is 15.0. The van der Waals surface area contributed by atoms with Gasteiger partial charge in [-0.15, -0.1) is 11.3 Å². The third kappa shape index (κ3) is 3.57. The Kier molecular flexibility index (Phi) is 5.01. The van der Waals surface area contributed by atoms with Gasteiger partial charge in [0.25, 0.3) is 10.0 Å². The highest BCUT2D eigenvalue weighted by Crippen LogP contribution is 2.30. The first-order chi connectivity index (χ1) is 9.04. The average molecular weight is 363 g/mol. The van der Waals surface area contributed by atoms with E-state index < -0.39 is 16.1 Å². The van der Waals surface area contributed by atoms with Crippen molar-refractivity contribution in [3.05, 3.63) is 15.9 Å². The van der Waals surface area contributed by atoms with E-state index in [1.54, 1.807) is 11.4 Å². The fourth-order valence-corrected chi connectivity index (χ4v) is 5.95. The second-order valence-corrected chi connectivity index (χ2v) is 8.36. The van der Waals surface area contributed by atoms with Gasteiger partial charge in [-0.3, -0.25) is 0 Å². The third-order valence-corrected chi connectivity index (χ3v) is 7.48. The number of hydrogen-bond acceptors (Lipinski definition) is 4. The molecule has 1 aromatic rings. The topological polar surface area (TPSA) is 70.0 Å². The van der Waals surface area contributed by atoms with Gasteiger partial charge in [-0.1, -0.05) is 19.3 Å². The van der Waals surface area contributed by atoms with Crippen LogP contribution in [0, 0.1) is 17.2 Å². The maximum atomic E-state index is 12.2. The van der Waals surface area contributed by atoms with Crippen LogP contribution in [0.25, 0.3) is 0 Å². The van der Waals surface area contributed by atoms with Crippen molar-refractivity contribution in [1.29, 1.82) is 5.26 Å². The Morgan fingerprint density at radius 1 is 1.42 bits per heavy atom. The Bertz CT molecular complexity index is 571. The van der Waals surface area contributed by atoms with Crippen LogP contribution in [-0.2, 0) is 10.0 Å². The Morgan fingerprint density at radius 3 is 2.63 bits per heavy atom. The average Bonchev–Trinajstić information content (AvgIpc) is 2.84. The zero-order chi connectivity index (χ0) is 13.9. The van der Waals surface area contributed by atoms with E-state index in [1.165, 1.54) is 6.42 Å². The molecule has 1 fully saturated rings. The molecule has 104 valence electrons. The van der Waals surface area contributed by atoms with Crippen molar-refractivity contribution in [1.82, 2.24) is 4.72 Å². The summed E-state index contributed by atoms with van der Waals surface area (Å²) in [5.74, 6) is 0.132. The van der Waals surface area contributed by atoms with E-state index in [1.807, 2.05) is 0 Å². The van der Waals surface area contributed by atoms with E-state index in [0.717, 1.165) is 37.0 Å². The lowest BCUT2D eigenvalue weighted by Crippen LogP contribution is -2.39. The molecule has 1 saturated carbocycles. The number of nitriles is 1. The minimum atomic E-state index is -3.61. The summed E-state index contributed by atoms with van der Waals surface area (Å²) in [6.45, 7) is 0. The monoisotopic (exact) mass is 362 g/mol. The van der Waals surface area contributed by atoms with Crippen LogP contribution in [0.2, 0.25) is 0 Å². The maximum Gasteiger partial charge on any atom is 0.252 e. The van der Waals surface area contributed by atoms with Gasteiger partial charge in [0, 0.05) is 4.47 Å². The van der Waals surface area contributed by atoms with Gasteiger partial charge >= 0.3 is 0 Å². The molecule has 2 rings (SSSR count). The molecule has 0 aliphatic heterocycles. The van der Waals surface area contributed by atoms with Crippen LogP contribution in [0.1, 0.15) is 32.1 Å². The van der Waals surface area contributed by atoms with E-state index in [4.69, 9.17) is 0 Å². The molecule has 1 N–H and O–H groups in total. The lowest BCUT2D eigenvalue weighted by atomic mass is 9.85. The van der Waals surface area contributed by atoms with Gasteiger partial charge < -0.3 is 0 Å². The zero-order valence-corrected chi connectivity index (χ0v) is 13.5. The van der Waals surface area contributed by atoms with Crippen LogP contribution < -0.4 is 4.72 Å². The maximum absolute atomic E-state index is 12.2. The molecule has 1 unspecified atom stereocenters. The van der Waals surface area contributed by atoms with E-state index in [-0.39, 0.29) is 10.1 Å². The summed E-state index contributed by atoms with van der Waals surface area (Å²) in [5, 5.41) is 10.9. The Balaban J connectivity index is 2.14. The predicted molar refractivity (Wildman–Crippen MR) is 78.3 cm³/mol. The highest BCUT2D eigenvalue weighted by molar-refractivity contribution is 9.10. The number of thiophene rings is 1. The quantitative estimate of drug-likeness (QED) is 0.893. The van der Waals surface area contributed by atoms with Gasteiger partial charge in [0.05, 0.1) is 6.07 Å². The van der Waals surface area contributed by atoms with E-state index in [9.17, 15) is 13.7 Å². The minimum Gasteiger partial charge on any atom is -0.206 e. The highest BCUT2D eigenvalue weighted by atomic mass is 79.9. The molecule has 4 nitrogen and oxygen atoms in total. The van der Waals surface area contributed by atoms with E-state index in [2.05, 4.69) is 26.7 Å².